The van der Waals surface area contributed by atoms with Crippen molar-refractivity contribution >= 4 is 22.8 Å². The molecule has 2 aliphatic heterocycles. The van der Waals surface area contributed by atoms with Crippen LogP contribution in [0.2, 0.25) is 0 Å². The van der Waals surface area contributed by atoms with E-state index in [0.29, 0.717) is 56.5 Å². The third-order valence-electron chi connectivity index (χ3n) is 6.11. The lowest BCUT2D eigenvalue weighted by molar-refractivity contribution is 0.0361. The highest BCUT2D eigenvalue weighted by Gasteiger charge is 2.29. The molecule has 0 bridgehead atoms. The second-order valence-electron chi connectivity index (χ2n) is 7.84. The minimum Gasteiger partial charge on any atom is -0.497 e. The van der Waals surface area contributed by atoms with Crippen molar-refractivity contribution in [3.05, 3.63) is 45.1 Å². The Bertz CT molecular complexity index is 1240. The minimum absolute atomic E-state index is 0.280. The Kier molecular flexibility index (Phi) is 5.03. The van der Waals surface area contributed by atoms with E-state index in [4.69, 9.17) is 9.47 Å². The highest BCUT2D eigenvalue weighted by molar-refractivity contribution is 5.78. The van der Waals surface area contributed by atoms with Gasteiger partial charge in [-0.1, -0.05) is 6.07 Å². The van der Waals surface area contributed by atoms with Crippen molar-refractivity contribution in [1.29, 1.82) is 0 Å². The van der Waals surface area contributed by atoms with Crippen molar-refractivity contribution in [2.24, 2.45) is 7.05 Å². The number of nitrogens with zero attached hydrogens (tertiary/aromatic N) is 6. The smallest absolute Gasteiger partial charge is 0.332 e. The fourth-order valence-electron chi connectivity index (χ4n) is 4.36. The van der Waals surface area contributed by atoms with E-state index in [1.807, 2.05) is 33.7 Å². The number of rotatable bonds is 5. The van der Waals surface area contributed by atoms with Crippen LogP contribution in [0.5, 0.6) is 5.75 Å². The van der Waals surface area contributed by atoms with E-state index >= 15 is 0 Å². The van der Waals surface area contributed by atoms with Gasteiger partial charge in [0.2, 0.25) is 5.95 Å². The Balaban J connectivity index is 1.55. The van der Waals surface area contributed by atoms with Crippen LogP contribution in [0.3, 0.4) is 0 Å². The van der Waals surface area contributed by atoms with Gasteiger partial charge in [0.1, 0.15) is 5.75 Å². The van der Waals surface area contributed by atoms with Gasteiger partial charge in [0.25, 0.3) is 5.56 Å². The molecule has 0 atom stereocenters. The first kappa shape index (κ1) is 19.8. The van der Waals surface area contributed by atoms with Crippen LogP contribution in [0, 0.1) is 0 Å². The molecule has 0 spiro atoms. The van der Waals surface area contributed by atoms with Crippen molar-refractivity contribution < 1.29 is 9.47 Å². The summed E-state index contributed by atoms with van der Waals surface area (Å²) in [4.78, 5) is 35.2. The topological polar surface area (TPSA) is 86.8 Å². The number of aryl methyl sites for hydroxylation is 1. The molecular weight excluding hydrogens is 400 g/mol. The van der Waals surface area contributed by atoms with Gasteiger partial charge in [-0.25, -0.2) is 4.79 Å². The summed E-state index contributed by atoms with van der Waals surface area (Å²) in [5, 5.41) is 0. The van der Waals surface area contributed by atoms with E-state index in [2.05, 4.69) is 9.88 Å². The van der Waals surface area contributed by atoms with Crippen molar-refractivity contribution in [2.75, 3.05) is 51.4 Å². The zero-order valence-electron chi connectivity index (χ0n) is 17.8. The van der Waals surface area contributed by atoms with Gasteiger partial charge < -0.3 is 18.9 Å². The lowest BCUT2D eigenvalue weighted by Gasteiger charge is -2.26. The summed E-state index contributed by atoms with van der Waals surface area (Å²) in [6.45, 7) is 5.30. The fourth-order valence-corrected chi connectivity index (χ4v) is 4.36. The summed E-state index contributed by atoms with van der Waals surface area (Å²) < 4.78 is 15.5. The zero-order chi connectivity index (χ0) is 21.5. The molecular formula is C21H26N6O4. The fraction of sp³-hybridized carbons (Fsp3) is 0.476. The summed E-state index contributed by atoms with van der Waals surface area (Å²) in [6, 6.07) is 7.74. The van der Waals surface area contributed by atoms with Gasteiger partial charge in [0, 0.05) is 58.1 Å². The molecule has 0 unspecified atom stereocenters. The number of imidazole rings is 1. The van der Waals surface area contributed by atoms with E-state index in [9.17, 15) is 9.59 Å². The second-order valence-corrected chi connectivity index (χ2v) is 7.84. The van der Waals surface area contributed by atoms with Crippen LogP contribution in [0.1, 0.15) is 0 Å². The number of aromatic nitrogens is 4. The number of anilines is 2. The molecule has 1 fully saturated rings. The Hall–Kier alpha value is -3.11. The van der Waals surface area contributed by atoms with Gasteiger partial charge >= 0.3 is 5.69 Å². The molecule has 1 saturated heterocycles. The highest BCUT2D eigenvalue weighted by atomic mass is 16.5. The largest absolute Gasteiger partial charge is 0.497 e. The summed E-state index contributed by atoms with van der Waals surface area (Å²) in [6.07, 6.45) is 0. The number of hydrogen-bond acceptors (Lipinski definition) is 7. The lowest BCUT2D eigenvalue weighted by atomic mass is 10.3. The molecule has 10 heteroatoms. The number of benzene rings is 1. The van der Waals surface area contributed by atoms with Gasteiger partial charge in [0.15, 0.2) is 11.2 Å². The molecule has 31 heavy (non-hydrogen) atoms. The van der Waals surface area contributed by atoms with Crippen LogP contribution in [0.15, 0.2) is 33.9 Å². The Labute approximate surface area is 178 Å². The maximum absolute atomic E-state index is 13.3. The van der Waals surface area contributed by atoms with Crippen molar-refractivity contribution in [2.45, 2.75) is 13.1 Å². The lowest BCUT2D eigenvalue weighted by Crippen LogP contribution is -2.44. The monoisotopic (exact) mass is 426 g/mol. The number of morpholine rings is 1. The zero-order valence-corrected chi connectivity index (χ0v) is 17.8. The van der Waals surface area contributed by atoms with Crippen molar-refractivity contribution in [1.82, 2.24) is 23.6 Å². The predicted molar refractivity (Wildman–Crippen MR) is 116 cm³/mol. The number of hydrogen-bond donors (Lipinski definition) is 0. The van der Waals surface area contributed by atoms with E-state index in [1.54, 1.807) is 14.2 Å². The number of ether oxygens (including phenoxy) is 2. The normalized spacial score (nSPS) is 16.8. The van der Waals surface area contributed by atoms with Crippen molar-refractivity contribution in [3.63, 3.8) is 0 Å². The molecule has 164 valence electrons. The second kappa shape index (κ2) is 7.86. The molecule has 5 rings (SSSR count). The van der Waals surface area contributed by atoms with E-state index in [0.717, 1.165) is 24.5 Å². The van der Waals surface area contributed by atoms with Crippen LogP contribution in [-0.4, -0.2) is 70.1 Å². The Morgan fingerprint density at radius 2 is 1.90 bits per heavy atom. The molecule has 2 aromatic heterocycles. The molecule has 0 N–H and O–H groups in total. The summed E-state index contributed by atoms with van der Waals surface area (Å²) in [5.41, 5.74) is 1.21. The molecule has 0 aliphatic carbocycles. The average molecular weight is 426 g/mol. The van der Waals surface area contributed by atoms with E-state index in [1.165, 1.54) is 9.13 Å². The standard InChI is InChI=1S/C21H26N6O4/c1-23-18-17(19(28)27(21(23)29)7-6-24-10-12-31-13-11-24)26-9-8-25(20(26)22-18)15-4-3-5-16(14-15)30-2/h3-5,14H,6-13H2,1-2H3. The molecule has 1 aromatic carbocycles. The molecule has 3 aromatic rings. The van der Waals surface area contributed by atoms with Crippen LogP contribution in [-0.2, 0) is 24.9 Å². The van der Waals surface area contributed by atoms with Gasteiger partial charge in [-0.3, -0.25) is 18.8 Å². The molecule has 2 aliphatic rings. The quantitative estimate of drug-likeness (QED) is 0.583. The molecule has 0 amide bonds. The molecule has 4 heterocycles. The molecule has 0 radical (unpaired) electrons. The first-order valence-corrected chi connectivity index (χ1v) is 10.5. The van der Waals surface area contributed by atoms with Gasteiger partial charge in [-0.2, -0.15) is 4.98 Å². The number of fused-ring (bicyclic) bond motifs is 3. The maximum atomic E-state index is 13.3. The molecule has 0 saturated carbocycles. The van der Waals surface area contributed by atoms with Gasteiger partial charge in [0.05, 0.1) is 20.3 Å². The Morgan fingerprint density at radius 3 is 2.68 bits per heavy atom. The minimum atomic E-state index is -0.338. The average Bonchev–Trinajstić information content (AvgIpc) is 3.38. The molecule has 10 nitrogen and oxygen atoms in total. The van der Waals surface area contributed by atoms with Crippen LogP contribution >= 0.6 is 0 Å². The summed E-state index contributed by atoms with van der Waals surface area (Å²) in [7, 11) is 3.31. The summed E-state index contributed by atoms with van der Waals surface area (Å²) >= 11 is 0. The number of methoxy groups -OCH3 is 1. The van der Waals surface area contributed by atoms with Gasteiger partial charge in [-0.15, -0.1) is 0 Å². The third-order valence-corrected chi connectivity index (χ3v) is 6.11. The maximum Gasteiger partial charge on any atom is 0.332 e. The van der Waals surface area contributed by atoms with Crippen LogP contribution < -0.4 is 20.9 Å². The first-order chi connectivity index (χ1) is 15.1. The van der Waals surface area contributed by atoms with E-state index in [-0.39, 0.29) is 11.2 Å². The van der Waals surface area contributed by atoms with Crippen LogP contribution in [0.4, 0.5) is 11.6 Å². The van der Waals surface area contributed by atoms with Crippen molar-refractivity contribution in [3.8, 4) is 5.75 Å². The highest BCUT2D eigenvalue weighted by Crippen LogP contribution is 2.33. The van der Waals surface area contributed by atoms with Crippen LogP contribution in [0.25, 0.3) is 11.2 Å². The van der Waals surface area contributed by atoms with E-state index < -0.39 is 0 Å². The van der Waals surface area contributed by atoms with Gasteiger partial charge in [-0.05, 0) is 12.1 Å². The predicted octanol–water partition coefficient (Wildman–Crippen LogP) is 0.389. The third kappa shape index (κ3) is 3.31. The first-order valence-electron chi connectivity index (χ1n) is 10.5. The Morgan fingerprint density at radius 1 is 1.10 bits per heavy atom. The SMILES string of the molecule is COc1cccc(N2CCn3c2nc2c3c(=O)n(CCN3CCOCC3)c(=O)n2C)c1. The summed E-state index contributed by atoms with van der Waals surface area (Å²) in [5.74, 6) is 1.42.